The SMILES string of the molecule is N#Cc1ccccc1Cn1cnc2cc(-c3ccccc3)sc2c1=O. The summed E-state index contributed by atoms with van der Waals surface area (Å²) >= 11 is 1.45. The summed E-state index contributed by atoms with van der Waals surface area (Å²) in [6.45, 7) is 0.337. The van der Waals surface area contributed by atoms with Crippen LogP contribution in [0.1, 0.15) is 11.1 Å². The summed E-state index contributed by atoms with van der Waals surface area (Å²) in [6, 6.07) is 21.4. The lowest BCUT2D eigenvalue weighted by molar-refractivity contribution is 0.748. The molecule has 4 nitrogen and oxygen atoms in total. The minimum Gasteiger partial charge on any atom is -0.293 e. The van der Waals surface area contributed by atoms with Crippen molar-refractivity contribution in [3.63, 3.8) is 0 Å². The Kier molecular flexibility index (Phi) is 3.88. The summed E-state index contributed by atoms with van der Waals surface area (Å²) in [6.07, 6.45) is 1.56. The molecule has 0 spiro atoms. The minimum absolute atomic E-state index is 0.0788. The molecule has 0 aliphatic heterocycles. The van der Waals surface area contributed by atoms with E-state index in [4.69, 9.17) is 0 Å². The van der Waals surface area contributed by atoms with E-state index in [0.29, 0.717) is 22.3 Å². The Morgan fingerprint density at radius 1 is 1.08 bits per heavy atom. The zero-order chi connectivity index (χ0) is 17.2. The van der Waals surface area contributed by atoms with Crippen molar-refractivity contribution >= 4 is 21.6 Å². The van der Waals surface area contributed by atoms with E-state index in [1.54, 1.807) is 17.0 Å². The van der Waals surface area contributed by atoms with Crippen LogP contribution in [0, 0.1) is 11.3 Å². The molecule has 0 atom stereocenters. The maximum Gasteiger partial charge on any atom is 0.271 e. The molecule has 0 bridgehead atoms. The summed E-state index contributed by atoms with van der Waals surface area (Å²) in [5.41, 5.74) is 3.09. The van der Waals surface area contributed by atoms with Crippen LogP contribution in [-0.2, 0) is 6.54 Å². The fourth-order valence-electron chi connectivity index (χ4n) is 2.75. The van der Waals surface area contributed by atoms with E-state index in [-0.39, 0.29) is 5.56 Å². The zero-order valence-corrected chi connectivity index (χ0v) is 14.0. The average molecular weight is 343 g/mol. The lowest BCUT2D eigenvalue weighted by Crippen LogP contribution is -2.20. The van der Waals surface area contributed by atoms with Crippen LogP contribution in [0.15, 0.2) is 71.8 Å². The Morgan fingerprint density at radius 2 is 1.84 bits per heavy atom. The fraction of sp³-hybridized carbons (Fsp3) is 0.0500. The van der Waals surface area contributed by atoms with Gasteiger partial charge < -0.3 is 0 Å². The number of hydrogen-bond donors (Lipinski definition) is 0. The molecule has 25 heavy (non-hydrogen) atoms. The van der Waals surface area contributed by atoms with Crippen LogP contribution in [0.3, 0.4) is 0 Å². The second-order valence-electron chi connectivity index (χ2n) is 5.64. The van der Waals surface area contributed by atoms with Crippen molar-refractivity contribution in [1.29, 1.82) is 5.26 Å². The Bertz CT molecular complexity index is 1150. The van der Waals surface area contributed by atoms with Crippen molar-refractivity contribution in [1.82, 2.24) is 9.55 Å². The first-order valence-corrected chi connectivity index (χ1v) is 8.60. The van der Waals surface area contributed by atoms with E-state index in [2.05, 4.69) is 11.1 Å². The summed E-state index contributed by atoms with van der Waals surface area (Å²) in [5.74, 6) is 0. The number of nitriles is 1. The maximum absolute atomic E-state index is 12.8. The van der Waals surface area contributed by atoms with Gasteiger partial charge in [0.05, 0.1) is 30.0 Å². The Hall–Kier alpha value is -3.23. The largest absolute Gasteiger partial charge is 0.293 e. The van der Waals surface area contributed by atoms with Gasteiger partial charge in [0.2, 0.25) is 0 Å². The molecule has 0 unspecified atom stereocenters. The number of benzene rings is 2. The lowest BCUT2D eigenvalue weighted by Gasteiger charge is -2.06. The first-order chi connectivity index (χ1) is 12.3. The molecule has 0 radical (unpaired) electrons. The van der Waals surface area contributed by atoms with Crippen LogP contribution >= 0.6 is 11.3 Å². The van der Waals surface area contributed by atoms with Gasteiger partial charge in [0.25, 0.3) is 5.56 Å². The smallest absolute Gasteiger partial charge is 0.271 e. The maximum atomic E-state index is 12.8. The number of rotatable bonds is 3. The normalized spacial score (nSPS) is 10.7. The average Bonchev–Trinajstić information content (AvgIpc) is 3.10. The van der Waals surface area contributed by atoms with E-state index in [9.17, 15) is 10.1 Å². The number of aromatic nitrogens is 2. The van der Waals surface area contributed by atoms with Gasteiger partial charge in [0.15, 0.2) is 0 Å². The molecular weight excluding hydrogens is 330 g/mol. The minimum atomic E-state index is -0.0788. The molecule has 2 aromatic carbocycles. The molecule has 0 fully saturated rings. The molecule has 4 aromatic rings. The van der Waals surface area contributed by atoms with Crippen LogP contribution < -0.4 is 5.56 Å². The van der Waals surface area contributed by atoms with Gasteiger partial charge >= 0.3 is 0 Å². The van der Waals surface area contributed by atoms with Crippen LogP contribution in [0.2, 0.25) is 0 Å². The first kappa shape index (κ1) is 15.3. The highest BCUT2D eigenvalue weighted by atomic mass is 32.1. The van der Waals surface area contributed by atoms with Gasteiger partial charge in [-0.15, -0.1) is 11.3 Å². The third-order valence-electron chi connectivity index (χ3n) is 4.04. The number of nitrogens with zero attached hydrogens (tertiary/aromatic N) is 3. The summed E-state index contributed by atoms with van der Waals surface area (Å²) < 4.78 is 2.19. The second kappa shape index (κ2) is 6.34. The molecular formula is C20H13N3OS. The monoisotopic (exact) mass is 343 g/mol. The quantitative estimate of drug-likeness (QED) is 0.564. The standard InChI is InChI=1S/C20H13N3OS/c21-11-15-8-4-5-9-16(15)12-23-13-22-17-10-18(25-19(17)20(23)24)14-6-2-1-3-7-14/h1-10,13H,12H2. The number of hydrogen-bond acceptors (Lipinski definition) is 4. The molecule has 0 saturated carbocycles. The van der Waals surface area contributed by atoms with Crippen LogP contribution in [0.25, 0.3) is 20.7 Å². The molecule has 0 N–H and O–H groups in total. The zero-order valence-electron chi connectivity index (χ0n) is 13.2. The fourth-order valence-corrected chi connectivity index (χ4v) is 3.82. The van der Waals surface area contributed by atoms with Crippen molar-refractivity contribution in [2.45, 2.75) is 6.54 Å². The predicted molar refractivity (Wildman–Crippen MR) is 99.6 cm³/mol. The van der Waals surface area contributed by atoms with Crippen LogP contribution in [0.4, 0.5) is 0 Å². The van der Waals surface area contributed by atoms with Gasteiger partial charge in [-0.25, -0.2) is 4.98 Å². The van der Waals surface area contributed by atoms with E-state index < -0.39 is 0 Å². The molecule has 2 heterocycles. The highest BCUT2D eigenvalue weighted by molar-refractivity contribution is 7.22. The third-order valence-corrected chi connectivity index (χ3v) is 5.20. The van der Waals surface area contributed by atoms with Crippen molar-refractivity contribution in [2.24, 2.45) is 0 Å². The van der Waals surface area contributed by atoms with E-state index in [0.717, 1.165) is 16.0 Å². The van der Waals surface area contributed by atoms with Gasteiger partial charge in [0.1, 0.15) is 4.70 Å². The van der Waals surface area contributed by atoms with E-state index in [1.165, 1.54) is 11.3 Å². The second-order valence-corrected chi connectivity index (χ2v) is 6.69. The van der Waals surface area contributed by atoms with Crippen LogP contribution in [0.5, 0.6) is 0 Å². The highest BCUT2D eigenvalue weighted by Crippen LogP contribution is 2.30. The van der Waals surface area contributed by atoms with Crippen LogP contribution in [-0.4, -0.2) is 9.55 Å². The summed E-state index contributed by atoms with van der Waals surface area (Å²) in [5, 5.41) is 9.22. The van der Waals surface area contributed by atoms with Gasteiger partial charge in [-0.1, -0.05) is 48.5 Å². The van der Waals surface area contributed by atoms with Crippen molar-refractivity contribution in [3.05, 3.63) is 88.5 Å². The van der Waals surface area contributed by atoms with Gasteiger partial charge in [-0.05, 0) is 23.3 Å². The highest BCUT2D eigenvalue weighted by Gasteiger charge is 2.11. The Labute approximate surface area is 148 Å². The Balaban J connectivity index is 1.78. The topological polar surface area (TPSA) is 58.7 Å². The van der Waals surface area contributed by atoms with Gasteiger partial charge in [-0.2, -0.15) is 5.26 Å². The summed E-state index contributed by atoms with van der Waals surface area (Å²) in [7, 11) is 0. The molecule has 4 rings (SSSR count). The van der Waals surface area contributed by atoms with Gasteiger partial charge in [-0.3, -0.25) is 9.36 Å². The molecule has 0 aliphatic carbocycles. The van der Waals surface area contributed by atoms with Crippen molar-refractivity contribution < 1.29 is 0 Å². The van der Waals surface area contributed by atoms with Crippen molar-refractivity contribution in [3.8, 4) is 16.5 Å². The van der Waals surface area contributed by atoms with Crippen molar-refractivity contribution in [2.75, 3.05) is 0 Å². The summed E-state index contributed by atoms with van der Waals surface area (Å²) in [4.78, 5) is 18.3. The number of fused-ring (bicyclic) bond motifs is 1. The molecule has 2 aromatic heterocycles. The van der Waals surface area contributed by atoms with E-state index in [1.807, 2.05) is 54.6 Å². The third kappa shape index (κ3) is 2.84. The first-order valence-electron chi connectivity index (χ1n) is 7.78. The molecule has 0 amide bonds. The van der Waals surface area contributed by atoms with Gasteiger partial charge in [0, 0.05) is 4.88 Å². The molecule has 120 valence electrons. The van der Waals surface area contributed by atoms with E-state index >= 15 is 0 Å². The Morgan fingerprint density at radius 3 is 2.64 bits per heavy atom. The predicted octanol–water partition coefficient (Wildman–Crippen LogP) is 4.04. The molecule has 0 saturated heterocycles. The molecule has 5 heteroatoms. The lowest BCUT2D eigenvalue weighted by atomic mass is 10.1. The number of thiophene rings is 1. The molecule has 0 aliphatic rings.